The zero-order valence-electron chi connectivity index (χ0n) is 12.2. The van der Waals surface area contributed by atoms with Gasteiger partial charge in [-0.3, -0.25) is 4.79 Å². The molecule has 0 aromatic heterocycles. The molecule has 0 atom stereocenters. The summed E-state index contributed by atoms with van der Waals surface area (Å²) < 4.78 is 16.4. The fourth-order valence-corrected chi connectivity index (χ4v) is 4.25. The summed E-state index contributed by atoms with van der Waals surface area (Å²) in [7, 11) is 0. The average molecular weight is 284 g/mol. The highest BCUT2D eigenvalue weighted by atomic mass is 16.7. The molecule has 0 amide bonds. The van der Waals surface area contributed by atoms with Crippen molar-refractivity contribution < 1.29 is 24.1 Å². The summed E-state index contributed by atoms with van der Waals surface area (Å²) in [4.78, 5) is 11.5. The predicted molar refractivity (Wildman–Crippen MR) is 71.0 cm³/mol. The number of ether oxygens (including phenoxy) is 3. The Hall–Kier alpha value is -0.650. The van der Waals surface area contributed by atoms with Crippen LogP contribution in [0.4, 0.5) is 0 Å². The summed E-state index contributed by atoms with van der Waals surface area (Å²) in [6.45, 7) is 3.54. The van der Waals surface area contributed by atoms with Gasteiger partial charge in [0.2, 0.25) is 0 Å². The lowest BCUT2D eigenvalue weighted by molar-refractivity contribution is -0.225. The number of rotatable bonds is 3. The van der Waals surface area contributed by atoms with E-state index in [9.17, 15) is 9.90 Å². The van der Waals surface area contributed by atoms with Crippen LogP contribution in [0, 0.1) is 5.41 Å². The van der Waals surface area contributed by atoms with Crippen molar-refractivity contribution in [3.05, 3.63) is 0 Å². The van der Waals surface area contributed by atoms with E-state index < -0.39 is 5.60 Å². The lowest BCUT2D eigenvalue weighted by Gasteiger charge is -2.57. The third kappa shape index (κ3) is 2.59. The molecule has 2 aliphatic carbocycles. The zero-order valence-corrected chi connectivity index (χ0v) is 12.2. The molecule has 3 aliphatic rings. The summed E-state index contributed by atoms with van der Waals surface area (Å²) in [6.07, 6.45) is 5.37. The van der Waals surface area contributed by atoms with Gasteiger partial charge in [0.15, 0.2) is 5.79 Å². The minimum absolute atomic E-state index is 0.126. The molecule has 1 N–H and O–H groups in total. The molecule has 3 fully saturated rings. The van der Waals surface area contributed by atoms with Crippen LogP contribution >= 0.6 is 0 Å². The van der Waals surface area contributed by atoms with E-state index in [0.29, 0.717) is 32.7 Å². The Morgan fingerprint density at radius 1 is 1.15 bits per heavy atom. The molecule has 0 aromatic rings. The van der Waals surface area contributed by atoms with Crippen molar-refractivity contribution in [3.63, 3.8) is 0 Å². The molecule has 1 aliphatic heterocycles. The summed E-state index contributed by atoms with van der Waals surface area (Å²) in [6, 6.07) is 0. The van der Waals surface area contributed by atoms with Gasteiger partial charge in [0, 0.05) is 12.8 Å². The van der Waals surface area contributed by atoms with E-state index in [0.717, 1.165) is 25.7 Å². The number of hydrogen-bond donors (Lipinski definition) is 1. The number of carbonyl (C=O) groups excluding carboxylic acids is 1. The molecule has 5 heteroatoms. The molecular weight excluding hydrogens is 260 g/mol. The fourth-order valence-electron chi connectivity index (χ4n) is 4.25. The van der Waals surface area contributed by atoms with Crippen molar-refractivity contribution in [1.29, 1.82) is 0 Å². The fraction of sp³-hybridized carbons (Fsp3) is 0.933. The number of aliphatic hydroxyl groups is 1. The van der Waals surface area contributed by atoms with Crippen LogP contribution in [0.5, 0.6) is 0 Å². The highest BCUT2D eigenvalue weighted by Gasteiger charge is 2.58. The summed E-state index contributed by atoms with van der Waals surface area (Å²) >= 11 is 0. The summed E-state index contributed by atoms with van der Waals surface area (Å²) in [5.41, 5.74) is -0.671. The van der Waals surface area contributed by atoms with Crippen LogP contribution in [0.2, 0.25) is 0 Å². The van der Waals surface area contributed by atoms with Gasteiger partial charge in [-0.25, -0.2) is 0 Å². The lowest BCUT2D eigenvalue weighted by Crippen LogP contribution is -2.56. The van der Waals surface area contributed by atoms with Crippen molar-refractivity contribution in [3.8, 4) is 0 Å². The first-order chi connectivity index (χ1) is 9.49. The van der Waals surface area contributed by atoms with E-state index in [4.69, 9.17) is 14.2 Å². The van der Waals surface area contributed by atoms with E-state index in [1.54, 1.807) is 6.92 Å². The smallest absolute Gasteiger partial charge is 0.308 e. The molecule has 0 unspecified atom stereocenters. The Labute approximate surface area is 119 Å². The third-order valence-corrected chi connectivity index (χ3v) is 5.07. The highest BCUT2D eigenvalue weighted by molar-refractivity contribution is 5.71. The van der Waals surface area contributed by atoms with Crippen molar-refractivity contribution >= 4 is 5.97 Å². The highest BCUT2D eigenvalue weighted by Crippen LogP contribution is 2.60. The minimum Gasteiger partial charge on any atom is -0.466 e. The van der Waals surface area contributed by atoms with Crippen LogP contribution in [0.15, 0.2) is 0 Å². The Bertz CT molecular complexity index is 368. The normalized spacial score (nSPS) is 29.3. The number of esters is 1. The molecule has 114 valence electrons. The second kappa shape index (κ2) is 4.97. The molecule has 20 heavy (non-hydrogen) atoms. The molecule has 0 bridgehead atoms. The summed E-state index contributed by atoms with van der Waals surface area (Å²) in [5.74, 6) is -0.639. The van der Waals surface area contributed by atoms with Crippen molar-refractivity contribution in [2.45, 2.75) is 63.3 Å². The molecular formula is C15H24O5. The summed E-state index contributed by atoms with van der Waals surface area (Å²) in [5, 5.41) is 10.4. The third-order valence-electron chi connectivity index (χ3n) is 5.07. The first kappa shape index (κ1) is 14.3. The molecule has 1 heterocycles. The predicted octanol–water partition coefficient (Wildman–Crippen LogP) is 1.77. The van der Waals surface area contributed by atoms with Gasteiger partial charge in [-0.15, -0.1) is 0 Å². The Balaban J connectivity index is 1.51. The second-order valence-corrected chi connectivity index (χ2v) is 6.67. The van der Waals surface area contributed by atoms with E-state index in [1.165, 1.54) is 0 Å². The van der Waals surface area contributed by atoms with Gasteiger partial charge in [-0.2, -0.15) is 0 Å². The van der Waals surface area contributed by atoms with Gasteiger partial charge in [-0.05, 0) is 38.0 Å². The molecule has 1 saturated heterocycles. The number of carbonyl (C=O) groups is 1. The molecule has 0 radical (unpaired) electrons. The molecule has 0 aromatic carbocycles. The van der Waals surface area contributed by atoms with Crippen molar-refractivity contribution in [2.24, 2.45) is 5.41 Å². The van der Waals surface area contributed by atoms with Gasteiger partial charge in [-0.1, -0.05) is 0 Å². The van der Waals surface area contributed by atoms with Crippen molar-refractivity contribution in [1.82, 2.24) is 0 Å². The zero-order chi connectivity index (χ0) is 14.3. The van der Waals surface area contributed by atoms with Crippen LogP contribution < -0.4 is 0 Å². The standard InChI is InChI=1S/C15H24O5/c1-2-18-12(16)9-14(17)10-13(11-14)3-5-15(6-4-13)19-7-8-20-15/h17H,2-11H2,1H3. The molecule has 2 spiro atoms. The van der Waals surface area contributed by atoms with Crippen LogP contribution in [0.25, 0.3) is 0 Å². The first-order valence-electron chi connectivity index (χ1n) is 7.65. The van der Waals surface area contributed by atoms with Crippen LogP contribution in [-0.4, -0.2) is 42.3 Å². The van der Waals surface area contributed by atoms with E-state index in [1.807, 2.05) is 0 Å². The Morgan fingerprint density at radius 3 is 2.30 bits per heavy atom. The average Bonchev–Trinajstić information content (AvgIpc) is 2.80. The molecule has 3 rings (SSSR count). The van der Waals surface area contributed by atoms with E-state index in [2.05, 4.69) is 0 Å². The topological polar surface area (TPSA) is 65.0 Å². The Kier molecular flexibility index (Phi) is 3.55. The quantitative estimate of drug-likeness (QED) is 0.800. The largest absolute Gasteiger partial charge is 0.466 e. The van der Waals surface area contributed by atoms with Gasteiger partial charge >= 0.3 is 5.97 Å². The first-order valence-corrected chi connectivity index (χ1v) is 7.65. The maximum absolute atomic E-state index is 11.5. The van der Waals surface area contributed by atoms with Gasteiger partial charge in [0.05, 0.1) is 31.8 Å². The van der Waals surface area contributed by atoms with Gasteiger partial charge < -0.3 is 19.3 Å². The van der Waals surface area contributed by atoms with Crippen LogP contribution in [0.3, 0.4) is 0 Å². The van der Waals surface area contributed by atoms with Crippen molar-refractivity contribution in [2.75, 3.05) is 19.8 Å². The minimum atomic E-state index is -0.853. The second-order valence-electron chi connectivity index (χ2n) is 6.67. The van der Waals surface area contributed by atoms with Gasteiger partial charge in [0.25, 0.3) is 0 Å². The Morgan fingerprint density at radius 2 is 1.75 bits per heavy atom. The van der Waals surface area contributed by atoms with Crippen LogP contribution in [0.1, 0.15) is 51.9 Å². The maximum Gasteiger partial charge on any atom is 0.308 e. The maximum atomic E-state index is 11.5. The van der Waals surface area contributed by atoms with Crippen LogP contribution in [-0.2, 0) is 19.0 Å². The van der Waals surface area contributed by atoms with Gasteiger partial charge in [0.1, 0.15) is 0 Å². The van der Waals surface area contributed by atoms with E-state index >= 15 is 0 Å². The SMILES string of the molecule is CCOC(=O)CC1(O)CC2(CCC3(CC2)OCCO3)C1. The van der Waals surface area contributed by atoms with E-state index in [-0.39, 0.29) is 23.6 Å². The molecule has 5 nitrogen and oxygen atoms in total. The monoisotopic (exact) mass is 284 g/mol. The number of hydrogen-bond acceptors (Lipinski definition) is 5. The lowest BCUT2D eigenvalue weighted by atomic mass is 9.52. The molecule has 2 saturated carbocycles.